The van der Waals surface area contributed by atoms with Crippen LogP contribution in [0.5, 0.6) is 0 Å². The third-order valence-corrected chi connectivity index (χ3v) is 11.9. The molecule has 0 N–H and O–H groups in total. The lowest BCUT2D eigenvalue weighted by Crippen LogP contribution is -1.97. The first kappa shape index (κ1) is 34.0. The zero-order valence-electron chi connectivity index (χ0n) is 32.6. The molecule has 0 amide bonds. The summed E-state index contributed by atoms with van der Waals surface area (Å²) in [6.07, 6.45) is 0. The normalized spacial score (nSPS) is 11.7. The Bertz CT molecular complexity index is 3530. The molecule has 0 atom stereocenters. The number of aromatic nitrogens is 4. The second-order valence-corrected chi connectivity index (χ2v) is 15.4. The number of fused-ring (bicyclic) bond motifs is 7. The molecule has 3 heterocycles. The lowest BCUT2D eigenvalue weighted by atomic mass is 10.0. The van der Waals surface area contributed by atoms with Crippen LogP contribution in [0, 0.1) is 0 Å². The summed E-state index contributed by atoms with van der Waals surface area (Å²) < 4.78 is 4.81. The van der Waals surface area contributed by atoms with Crippen molar-refractivity contribution in [2.45, 2.75) is 0 Å². The molecule has 0 radical (unpaired) electrons. The van der Waals surface area contributed by atoms with Crippen LogP contribution in [0.1, 0.15) is 0 Å². The largest absolute Gasteiger partial charge is 0.309 e. The van der Waals surface area contributed by atoms with Gasteiger partial charge >= 0.3 is 0 Å². The van der Waals surface area contributed by atoms with E-state index >= 15 is 0 Å². The smallest absolute Gasteiger partial charge is 0.160 e. The fourth-order valence-electron chi connectivity index (χ4n) is 9.12. The molecule has 12 rings (SSSR count). The van der Waals surface area contributed by atoms with Crippen LogP contribution in [0.25, 0.3) is 111 Å². The number of nitrogens with zero attached hydrogens (tertiary/aromatic N) is 4. The minimum atomic E-state index is 0.707. The van der Waals surface area contributed by atoms with Crippen LogP contribution < -0.4 is 0 Å². The Morgan fingerprint density at radius 1 is 0.283 bits per heavy atom. The van der Waals surface area contributed by atoms with Gasteiger partial charge in [0.25, 0.3) is 0 Å². The number of para-hydroxylation sites is 2. The Kier molecular flexibility index (Phi) is 7.82. The van der Waals surface area contributed by atoms with E-state index in [1.165, 1.54) is 60.2 Å². The molecule has 0 saturated carbocycles. The molecular weight excluding hydrogens is 729 g/mol. The van der Waals surface area contributed by atoms with E-state index in [1.54, 1.807) is 0 Å². The Morgan fingerprint density at radius 2 is 0.783 bits per heavy atom. The molecule has 12 aromatic rings. The van der Waals surface area contributed by atoms with Crippen molar-refractivity contribution in [2.75, 3.05) is 0 Å². The lowest BCUT2D eigenvalue weighted by Gasteiger charge is -2.12. The van der Waals surface area contributed by atoms with Crippen LogP contribution in [0.4, 0.5) is 0 Å². The van der Waals surface area contributed by atoms with Crippen LogP contribution in [0.2, 0.25) is 0 Å². The van der Waals surface area contributed by atoms with Crippen molar-refractivity contribution in [1.82, 2.24) is 19.1 Å². The minimum Gasteiger partial charge on any atom is -0.309 e. The molecule has 0 fully saturated rings. The fraction of sp³-hybridized carbons (Fsp3) is 0. The first-order valence-corrected chi connectivity index (χ1v) is 20.4. The van der Waals surface area contributed by atoms with Gasteiger partial charge in [-0.25, -0.2) is 9.97 Å². The van der Waals surface area contributed by atoms with Crippen LogP contribution in [-0.2, 0) is 0 Å². The molecule has 0 bridgehead atoms. The molecule has 4 heteroatoms. The van der Waals surface area contributed by atoms with E-state index < -0.39 is 0 Å². The van der Waals surface area contributed by atoms with Gasteiger partial charge in [-0.15, -0.1) is 0 Å². The van der Waals surface area contributed by atoms with Crippen molar-refractivity contribution < 1.29 is 0 Å². The SMILES string of the molecule is c1ccc(-c2cc(-c3cccc(-n4c5ccccc5c5cc(-c6ccc7c(c6)c6ccccc6n7-c6cccc7ccccc67)ccc54)c3)nc(-c3ccccc3)n2)cc1. The Hall–Kier alpha value is -8.08. The van der Waals surface area contributed by atoms with E-state index in [4.69, 9.17) is 9.97 Å². The summed E-state index contributed by atoms with van der Waals surface area (Å²) >= 11 is 0. The van der Waals surface area contributed by atoms with Crippen LogP contribution in [0.3, 0.4) is 0 Å². The maximum Gasteiger partial charge on any atom is 0.160 e. The molecule has 0 aliphatic heterocycles. The molecule has 0 aliphatic carbocycles. The van der Waals surface area contributed by atoms with Crippen LogP contribution in [0.15, 0.2) is 218 Å². The summed E-state index contributed by atoms with van der Waals surface area (Å²) in [5.41, 5.74) is 14.2. The quantitative estimate of drug-likeness (QED) is 0.169. The topological polar surface area (TPSA) is 35.6 Å². The van der Waals surface area contributed by atoms with Gasteiger partial charge in [0.1, 0.15) is 0 Å². The maximum absolute atomic E-state index is 5.14. The van der Waals surface area contributed by atoms with Gasteiger partial charge < -0.3 is 9.13 Å². The fourth-order valence-corrected chi connectivity index (χ4v) is 9.12. The maximum atomic E-state index is 5.14. The second kappa shape index (κ2) is 13.8. The molecule has 9 aromatic carbocycles. The van der Waals surface area contributed by atoms with Gasteiger partial charge in [-0.3, -0.25) is 0 Å². The summed E-state index contributed by atoms with van der Waals surface area (Å²) in [4.78, 5) is 10.2. The van der Waals surface area contributed by atoms with Crippen molar-refractivity contribution >= 4 is 54.4 Å². The van der Waals surface area contributed by atoms with Gasteiger partial charge in [0, 0.05) is 49.3 Å². The van der Waals surface area contributed by atoms with Crippen molar-refractivity contribution in [1.29, 1.82) is 0 Å². The van der Waals surface area contributed by atoms with Crippen LogP contribution in [-0.4, -0.2) is 19.1 Å². The van der Waals surface area contributed by atoms with E-state index in [1.807, 2.05) is 24.3 Å². The monoisotopic (exact) mass is 764 g/mol. The van der Waals surface area contributed by atoms with E-state index in [-0.39, 0.29) is 0 Å². The first-order chi connectivity index (χ1) is 29.7. The van der Waals surface area contributed by atoms with Crippen molar-refractivity contribution in [3.8, 4) is 56.4 Å². The molecule has 0 saturated heterocycles. The van der Waals surface area contributed by atoms with Gasteiger partial charge in [-0.2, -0.15) is 0 Å². The molecule has 3 aromatic heterocycles. The number of hydrogen-bond acceptors (Lipinski definition) is 2. The van der Waals surface area contributed by atoms with Crippen molar-refractivity contribution in [3.05, 3.63) is 218 Å². The summed E-state index contributed by atoms with van der Waals surface area (Å²) in [6.45, 7) is 0. The van der Waals surface area contributed by atoms with Gasteiger partial charge in [-0.1, -0.05) is 158 Å². The molecule has 60 heavy (non-hydrogen) atoms. The van der Waals surface area contributed by atoms with Gasteiger partial charge in [0.05, 0.1) is 39.1 Å². The summed E-state index contributed by atoms with van der Waals surface area (Å²) in [5.74, 6) is 0.707. The average molecular weight is 765 g/mol. The third-order valence-electron chi connectivity index (χ3n) is 11.9. The zero-order chi connectivity index (χ0) is 39.6. The van der Waals surface area contributed by atoms with E-state index in [0.29, 0.717) is 5.82 Å². The molecule has 4 nitrogen and oxygen atoms in total. The number of benzene rings is 9. The summed E-state index contributed by atoms with van der Waals surface area (Å²) in [6, 6.07) is 78.0. The molecule has 0 unspecified atom stereocenters. The summed E-state index contributed by atoms with van der Waals surface area (Å²) in [5, 5.41) is 7.39. The predicted molar refractivity (Wildman–Crippen MR) is 250 cm³/mol. The molecular formula is C56H36N4. The highest BCUT2D eigenvalue weighted by Crippen LogP contribution is 2.40. The van der Waals surface area contributed by atoms with Crippen molar-refractivity contribution in [2.24, 2.45) is 0 Å². The van der Waals surface area contributed by atoms with E-state index in [2.05, 4.69) is 203 Å². The Labute approximate surface area is 346 Å². The van der Waals surface area contributed by atoms with Gasteiger partial charge in [0.2, 0.25) is 0 Å². The van der Waals surface area contributed by atoms with E-state index in [0.717, 1.165) is 44.8 Å². The van der Waals surface area contributed by atoms with E-state index in [9.17, 15) is 0 Å². The molecule has 0 aliphatic rings. The lowest BCUT2D eigenvalue weighted by molar-refractivity contribution is 1.16. The zero-order valence-corrected chi connectivity index (χ0v) is 32.6. The Balaban J connectivity index is 0.992. The number of rotatable bonds is 6. The standard InChI is InChI=1S/C56H36N4/c1-3-16-38(17-4-1)49-36-50(58-56(57-49)39-18-5-2-6-19-39)42-21-13-22-43(33-42)59-52-26-11-9-24-45(52)47-34-40(29-31-54(47)59)41-30-32-55-48(35-41)46-25-10-12-27-53(46)60(55)51-28-14-20-37-15-7-8-23-44(37)51/h1-36H. The molecule has 280 valence electrons. The van der Waals surface area contributed by atoms with Gasteiger partial charge in [0.15, 0.2) is 5.82 Å². The highest BCUT2D eigenvalue weighted by molar-refractivity contribution is 6.13. The highest BCUT2D eigenvalue weighted by Gasteiger charge is 2.18. The van der Waals surface area contributed by atoms with Gasteiger partial charge in [-0.05, 0) is 77.2 Å². The highest BCUT2D eigenvalue weighted by atomic mass is 15.0. The number of hydrogen-bond donors (Lipinski definition) is 0. The third kappa shape index (κ3) is 5.53. The average Bonchev–Trinajstić information content (AvgIpc) is 3.84. The predicted octanol–water partition coefficient (Wildman–Crippen LogP) is 14.5. The second-order valence-electron chi connectivity index (χ2n) is 15.4. The molecule has 0 spiro atoms. The Morgan fingerprint density at radius 3 is 1.48 bits per heavy atom. The van der Waals surface area contributed by atoms with Crippen LogP contribution >= 0.6 is 0 Å². The summed E-state index contributed by atoms with van der Waals surface area (Å²) in [7, 11) is 0. The van der Waals surface area contributed by atoms with Crippen molar-refractivity contribution in [3.63, 3.8) is 0 Å². The minimum absolute atomic E-state index is 0.707. The first-order valence-electron chi connectivity index (χ1n) is 20.4.